The van der Waals surface area contributed by atoms with E-state index in [1.54, 1.807) is 0 Å². The molecule has 0 atom stereocenters. The van der Waals surface area contributed by atoms with E-state index in [4.69, 9.17) is 0 Å². The molecule has 0 spiro atoms. The van der Waals surface area contributed by atoms with E-state index in [0.29, 0.717) is 5.01 Å². The molecule has 0 N–H and O–H groups in total. The van der Waals surface area contributed by atoms with Crippen molar-refractivity contribution in [3.05, 3.63) is 51.5 Å². The first-order valence-corrected chi connectivity index (χ1v) is 8.39. The minimum Gasteiger partial charge on any atom is -0.338 e. The fraction of sp³-hybridized carbons (Fsp3) is 0.333. The third-order valence-corrected chi connectivity index (χ3v) is 4.78. The van der Waals surface area contributed by atoms with Crippen LogP contribution in [0.2, 0.25) is 0 Å². The van der Waals surface area contributed by atoms with Crippen LogP contribution in [-0.4, -0.2) is 28.9 Å². The summed E-state index contributed by atoms with van der Waals surface area (Å²) in [5.74, 6) is 6.27. The van der Waals surface area contributed by atoms with Crippen molar-refractivity contribution in [2.24, 2.45) is 0 Å². The summed E-state index contributed by atoms with van der Waals surface area (Å²) >= 11 is 1.40. The van der Waals surface area contributed by atoms with Crippen molar-refractivity contribution in [2.45, 2.75) is 26.2 Å². The van der Waals surface area contributed by atoms with Gasteiger partial charge in [-0.3, -0.25) is 4.79 Å². The Morgan fingerprint density at radius 1 is 1.14 bits per heavy atom. The van der Waals surface area contributed by atoms with E-state index in [2.05, 4.69) is 16.8 Å². The molecule has 1 aromatic carbocycles. The summed E-state index contributed by atoms with van der Waals surface area (Å²) < 4.78 is 0. The van der Waals surface area contributed by atoms with Crippen LogP contribution in [0.4, 0.5) is 0 Å². The molecule has 1 aliphatic heterocycles. The molecule has 1 fully saturated rings. The van der Waals surface area contributed by atoms with Gasteiger partial charge in [0, 0.05) is 18.7 Å². The van der Waals surface area contributed by atoms with Crippen molar-refractivity contribution in [1.82, 2.24) is 9.88 Å². The van der Waals surface area contributed by atoms with Crippen molar-refractivity contribution in [2.75, 3.05) is 13.1 Å². The molecule has 1 amide bonds. The molecule has 2 heterocycles. The average molecular weight is 310 g/mol. The van der Waals surface area contributed by atoms with Crippen LogP contribution in [0.25, 0.3) is 0 Å². The third kappa shape index (κ3) is 3.37. The highest BCUT2D eigenvalue weighted by atomic mass is 32.1. The number of aromatic nitrogens is 1. The summed E-state index contributed by atoms with van der Waals surface area (Å²) in [5, 5.41) is 0.710. The maximum atomic E-state index is 12.6. The number of likely N-dealkylation sites (tertiary alicyclic amines) is 1. The lowest BCUT2D eigenvalue weighted by Crippen LogP contribution is -2.35. The largest absolute Gasteiger partial charge is 0.338 e. The first kappa shape index (κ1) is 14.8. The molecule has 0 bridgehead atoms. The number of carbonyl (C=O) groups is 1. The van der Waals surface area contributed by atoms with Crippen LogP contribution in [-0.2, 0) is 0 Å². The van der Waals surface area contributed by atoms with Crippen LogP contribution in [0.1, 0.15) is 45.2 Å². The number of thiazole rings is 1. The fourth-order valence-electron chi connectivity index (χ4n) is 2.54. The summed E-state index contributed by atoms with van der Waals surface area (Å²) in [6.07, 6.45) is 3.42. The number of hydrogen-bond acceptors (Lipinski definition) is 3. The molecule has 1 aromatic heterocycles. The van der Waals surface area contributed by atoms with Gasteiger partial charge in [-0.25, -0.2) is 4.98 Å². The van der Waals surface area contributed by atoms with E-state index in [0.717, 1.165) is 42.1 Å². The average Bonchev–Trinajstić information content (AvgIpc) is 2.95. The molecule has 0 radical (unpaired) electrons. The molecule has 0 unspecified atom stereocenters. The van der Waals surface area contributed by atoms with Crippen LogP contribution in [0.5, 0.6) is 0 Å². The SMILES string of the molecule is Cc1nc(C#Cc2ccccc2)sc1C(=O)N1CCCCC1. The van der Waals surface area contributed by atoms with Gasteiger partial charge in [-0.1, -0.05) is 24.1 Å². The third-order valence-electron chi connectivity index (χ3n) is 3.72. The van der Waals surface area contributed by atoms with Gasteiger partial charge in [-0.05, 0) is 44.2 Å². The maximum absolute atomic E-state index is 12.6. The first-order chi connectivity index (χ1) is 10.7. The van der Waals surface area contributed by atoms with Crippen molar-refractivity contribution in [3.63, 3.8) is 0 Å². The van der Waals surface area contributed by atoms with Gasteiger partial charge in [-0.15, -0.1) is 11.3 Å². The van der Waals surface area contributed by atoms with E-state index in [9.17, 15) is 4.79 Å². The minimum absolute atomic E-state index is 0.113. The van der Waals surface area contributed by atoms with Crippen molar-refractivity contribution < 1.29 is 4.79 Å². The van der Waals surface area contributed by atoms with Gasteiger partial charge in [0.15, 0.2) is 5.01 Å². The zero-order valence-electron chi connectivity index (χ0n) is 12.6. The van der Waals surface area contributed by atoms with Crippen molar-refractivity contribution in [1.29, 1.82) is 0 Å². The van der Waals surface area contributed by atoms with Gasteiger partial charge in [-0.2, -0.15) is 0 Å². The zero-order valence-corrected chi connectivity index (χ0v) is 13.4. The van der Waals surface area contributed by atoms with E-state index >= 15 is 0 Å². The smallest absolute Gasteiger partial charge is 0.265 e. The Balaban J connectivity index is 1.79. The molecule has 2 aromatic rings. The number of hydrogen-bond donors (Lipinski definition) is 0. The van der Waals surface area contributed by atoms with E-state index < -0.39 is 0 Å². The highest BCUT2D eigenvalue weighted by Gasteiger charge is 2.22. The Morgan fingerprint density at radius 3 is 2.59 bits per heavy atom. The van der Waals surface area contributed by atoms with E-state index in [1.165, 1.54) is 17.8 Å². The molecule has 1 saturated heterocycles. The second-order valence-corrected chi connectivity index (χ2v) is 6.40. The molecule has 0 aliphatic carbocycles. The normalized spacial score (nSPS) is 14.3. The molecule has 1 aliphatic rings. The van der Waals surface area contributed by atoms with Gasteiger partial charge in [0.05, 0.1) is 5.69 Å². The number of carbonyl (C=O) groups excluding carboxylic acids is 1. The summed E-state index contributed by atoms with van der Waals surface area (Å²) in [4.78, 5) is 19.7. The quantitative estimate of drug-likeness (QED) is 0.756. The summed E-state index contributed by atoms with van der Waals surface area (Å²) in [5.41, 5.74) is 1.75. The van der Waals surface area contributed by atoms with Crippen molar-refractivity contribution >= 4 is 17.2 Å². The molecule has 4 heteroatoms. The lowest BCUT2D eigenvalue weighted by molar-refractivity contribution is 0.0728. The number of aryl methyl sites for hydroxylation is 1. The van der Waals surface area contributed by atoms with Gasteiger partial charge in [0.25, 0.3) is 5.91 Å². The number of nitrogens with zero attached hydrogens (tertiary/aromatic N) is 2. The Labute approximate surface area is 135 Å². The highest BCUT2D eigenvalue weighted by Crippen LogP contribution is 2.21. The number of amides is 1. The molecular weight excluding hydrogens is 292 g/mol. The van der Waals surface area contributed by atoms with Gasteiger partial charge in [0.2, 0.25) is 0 Å². The van der Waals surface area contributed by atoms with Crippen LogP contribution in [0.15, 0.2) is 30.3 Å². The van der Waals surface area contributed by atoms with Gasteiger partial charge < -0.3 is 4.90 Å². The topological polar surface area (TPSA) is 33.2 Å². The minimum atomic E-state index is 0.113. The van der Waals surface area contributed by atoms with E-state index in [1.807, 2.05) is 42.2 Å². The second-order valence-electron chi connectivity index (χ2n) is 5.40. The predicted octanol–water partition coefficient (Wildman–Crippen LogP) is 3.48. The monoisotopic (exact) mass is 310 g/mol. The Morgan fingerprint density at radius 2 is 1.86 bits per heavy atom. The van der Waals surface area contributed by atoms with Crippen molar-refractivity contribution in [3.8, 4) is 11.8 Å². The molecular formula is C18H18N2OS. The Bertz CT molecular complexity index is 719. The first-order valence-electron chi connectivity index (χ1n) is 7.58. The lowest BCUT2D eigenvalue weighted by Gasteiger charge is -2.26. The molecule has 112 valence electrons. The molecule has 22 heavy (non-hydrogen) atoms. The maximum Gasteiger partial charge on any atom is 0.265 e. The fourth-order valence-corrected chi connectivity index (χ4v) is 3.42. The van der Waals surface area contributed by atoms with Gasteiger partial charge in [0.1, 0.15) is 4.88 Å². The molecule has 0 saturated carbocycles. The molecule has 3 rings (SSSR count). The summed E-state index contributed by atoms with van der Waals surface area (Å²) in [7, 11) is 0. The highest BCUT2D eigenvalue weighted by molar-refractivity contribution is 7.14. The van der Waals surface area contributed by atoms with Crippen LogP contribution in [0.3, 0.4) is 0 Å². The predicted molar refractivity (Wildman–Crippen MR) is 89.0 cm³/mol. The summed E-state index contributed by atoms with van der Waals surface area (Å²) in [6, 6.07) is 9.82. The second kappa shape index (κ2) is 6.76. The Hall–Kier alpha value is -2.12. The summed E-state index contributed by atoms with van der Waals surface area (Å²) in [6.45, 7) is 3.61. The van der Waals surface area contributed by atoms with Crippen LogP contribution >= 0.6 is 11.3 Å². The van der Waals surface area contributed by atoms with E-state index in [-0.39, 0.29) is 5.91 Å². The number of rotatable bonds is 1. The Kier molecular flexibility index (Phi) is 4.55. The number of piperidine rings is 1. The number of benzene rings is 1. The molecule has 3 nitrogen and oxygen atoms in total. The zero-order chi connectivity index (χ0) is 15.4. The lowest BCUT2D eigenvalue weighted by atomic mass is 10.1. The van der Waals surface area contributed by atoms with Crippen LogP contribution in [0, 0.1) is 18.8 Å². The standard InChI is InChI=1S/C18H18N2OS/c1-14-17(18(21)20-12-6-3-7-13-20)22-16(19-14)11-10-15-8-4-2-5-9-15/h2,4-5,8-9H,3,6-7,12-13H2,1H3. The van der Waals surface area contributed by atoms with Crippen LogP contribution < -0.4 is 0 Å². The van der Waals surface area contributed by atoms with Gasteiger partial charge >= 0.3 is 0 Å².